The Balaban J connectivity index is 1.62. The fourth-order valence-electron chi connectivity index (χ4n) is 6.90. The summed E-state index contributed by atoms with van der Waals surface area (Å²) in [6, 6.07) is 30.7. The highest BCUT2D eigenvalue weighted by Crippen LogP contribution is 2.41. The van der Waals surface area contributed by atoms with E-state index < -0.39 is 24.9 Å². The highest BCUT2D eigenvalue weighted by atomic mass is 19.3. The molecule has 0 aliphatic carbocycles. The van der Waals surface area contributed by atoms with Gasteiger partial charge in [-0.25, -0.2) is 13.6 Å². The molecule has 10 heteroatoms. The zero-order chi connectivity index (χ0) is 37.7. The first-order chi connectivity index (χ1) is 25.6. The molecule has 0 bridgehead atoms. The number of alkyl halides is 4. The van der Waals surface area contributed by atoms with Gasteiger partial charge in [-0.3, -0.25) is 4.79 Å². The van der Waals surface area contributed by atoms with Gasteiger partial charge in [-0.2, -0.15) is 8.78 Å². The molecule has 6 nitrogen and oxygen atoms in total. The van der Waals surface area contributed by atoms with Crippen LogP contribution < -0.4 is 4.74 Å². The number of benzene rings is 5. The molecule has 0 N–H and O–H groups in total. The molecule has 53 heavy (non-hydrogen) atoms. The maximum atomic E-state index is 14.1. The Labute approximate surface area is 305 Å². The second-order valence-corrected chi connectivity index (χ2v) is 13.1. The number of carbonyl (C=O) groups excluding carboxylic acids is 2. The molecule has 0 aliphatic rings. The third-order valence-electron chi connectivity index (χ3n) is 9.48. The van der Waals surface area contributed by atoms with Crippen molar-refractivity contribution in [2.75, 3.05) is 6.61 Å². The first kappa shape index (κ1) is 37.3. The zero-order valence-corrected chi connectivity index (χ0v) is 29.8. The fourth-order valence-corrected chi connectivity index (χ4v) is 6.90. The number of halogens is 4. The van der Waals surface area contributed by atoms with E-state index in [0.717, 1.165) is 64.7 Å². The van der Waals surface area contributed by atoms with Gasteiger partial charge in [-0.1, -0.05) is 111 Å². The number of aromatic nitrogens is 1. The largest absolute Gasteiger partial charge is 0.486 e. The maximum Gasteiger partial charge on any atom is 0.340 e. The van der Waals surface area contributed by atoms with Crippen molar-refractivity contribution >= 4 is 50.0 Å². The van der Waals surface area contributed by atoms with Crippen LogP contribution in [0.4, 0.5) is 17.6 Å². The van der Waals surface area contributed by atoms with Gasteiger partial charge in [0.1, 0.15) is 11.5 Å². The molecule has 1 heterocycles. The molecule has 274 valence electrons. The van der Waals surface area contributed by atoms with Crippen LogP contribution in [0.25, 0.3) is 32.6 Å². The lowest BCUT2D eigenvalue weighted by atomic mass is 9.94. The topological polar surface area (TPSA) is 69.9 Å². The number of para-hydroxylation sites is 1. The van der Waals surface area contributed by atoms with E-state index in [1.807, 2.05) is 60.7 Å². The monoisotopic (exact) mass is 724 g/mol. The molecule has 1 aromatic heterocycles. The summed E-state index contributed by atoms with van der Waals surface area (Å²) >= 11 is 0. The number of oxime groups is 1. The Morgan fingerprint density at radius 1 is 0.774 bits per heavy atom. The second-order valence-electron chi connectivity index (χ2n) is 13.1. The van der Waals surface area contributed by atoms with Crippen LogP contribution in [0.3, 0.4) is 0 Å². The van der Waals surface area contributed by atoms with E-state index in [1.54, 1.807) is 24.3 Å². The Bertz CT molecular complexity index is 2300. The number of unbranched alkanes of at least 4 members (excludes halogenated alkanes) is 2. The first-order valence-electron chi connectivity index (χ1n) is 17.8. The normalized spacial score (nSPS) is 12.9. The van der Waals surface area contributed by atoms with Crippen molar-refractivity contribution in [1.29, 1.82) is 0 Å². The van der Waals surface area contributed by atoms with Gasteiger partial charge in [-0.15, -0.1) is 0 Å². The molecule has 0 radical (unpaired) electrons. The van der Waals surface area contributed by atoms with Gasteiger partial charge in [0.05, 0.1) is 5.52 Å². The van der Waals surface area contributed by atoms with E-state index in [1.165, 1.54) is 25.1 Å². The summed E-state index contributed by atoms with van der Waals surface area (Å²) in [5, 5.41) is 7.48. The first-order valence-corrected chi connectivity index (χ1v) is 17.8. The maximum absolute atomic E-state index is 14.1. The molecule has 0 fully saturated rings. The second kappa shape index (κ2) is 16.0. The van der Waals surface area contributed by atoms with Gasteiger partial charge >= 0.3 is 18.3 Å². The van der Waals surface area contributed by atoms with E-state index in [-0.39, 0.29) is 28.8 Å². The highest BCUT2D eigenvalue weighted by Gasteiger charge is 2.42. The van der Waals surface area contributed by atoms with Crippen molar-refractivity contribution in [3.63, 3.8) is 0 Å². The molecule has 0 saturated heterocycles. The Morgan fingerprint density at radius 2 is 1.47 bits per heavy atom. The standard InChI is InChI=1S/C43H40F4N2O4/c1-4-6-8-17-30(5-2)49-37-23-22-29(39(48-53-27(3)50)33-20-13-14-21-38(33)52-26-43(46,47)42(44)45)24-34(37)35-25-36(41(51)28-15-9-7-10-16-28)31-18-11-12-19-32(31)40(35)49/h7,9-16,18-25,30,42H,4-6,8,17,26H2,1-3H3/b48-39-. The third kappa shape index (κ3) is 7.68. The van der Waals surface area contributed by atoms with Gasteiger partial charge in [0, 0.05) is 56.9 Å². The number of fused-ring (bicyclic) bond motifs is 5. The van der Waals surface area contributed by atoms with E-state index in [4.69, 9.17) is 9.57 Å². The van der Waals surface area contributed by atoms with E-state index in [9.17, 15) is 27.2 Å². The van der Waals surface area contributed by atoms with Crippen molar-refractivity contribution in [2.45, 2.75) is 71.3 Å². The Hall–Kier alpha value is -5.51. The molecule has 5 aromatic carbocycles. The molecule has 6 aromatic rings. The number of nitrogens with zero attached hydrogens (tertiary/aromatic N) is 2. The van der Waals surface area contributed by atoms with Gasteiger partial charge in [0.25, 0.3) is 0 Å². The summed E-state index contributed by atoms with van der Waals surface area (Å²) in [4.78, 5) is 31.2. The molecule has 0 amide bonds. The molecule has 0 saturated carbocycles. The number of rotatable bonds is 15. The van der Waals surface area contributed by atoms with Crippen LogP contribution in [0.2, 0.25) is 0 Å². The molecular formula is C43H40F4N2O4. The average Bonchev–Trinajstić information content (AvgIpc) is 3.49. The van der Waals surface area contributed by atoms with Crippen LogP contribution in [-0.2, 0) is 9.63 Å². The lowest BCUT2D eigenvalue weighted by Gasteiger charge is -2.21. The van der Waals surface area contributed by atoms with Crippen molar-refractivity contribution in [3.05, 3.63) is 125 Å². The fraction of sp³-hybridized carbons (Fsp3) is 0.279. The summed E-state index contributed by atoms with van der Waals surface area (Å²) < 4.78 is 61.6. The van der Waals surface area contributed by atoms with E-state index in [0.29, 0.717) is 16.7 Å². The smallest absolute Gasteiger partial charge is 0.340 e. The summed E-state index contributed by atoms with van der Waals surface area (Å²) in [5.41, 5.74) is 3.63. The molecule has 0 aliphatic heterocycles. The van der Waals surface area contributed by atoms with Crippen molar-refractivity contribution < 1.29 is 36.7 Å². The van der Waals surface area contributed by atoms with Crippen LogP contribution >= 0.6 is 0 Å². The van der Waals surface area contributed by atoms with Gasteiger partial charge in [-0.05, 0) is 48.6 Å². The molecule has 0 spiro atoms. The molecular weight excluding hydrogens is 684 g/mol. The minimum Gasteiger partial charge on any atom is -0.486 e. The van der Waals surface area contributed by atoms with E-state index in [2.05, 4.69) is 23.6 Å². The van der Waals surface area contributed by atoms with Crippen LogP contribution in [0.1, 0.15) is 86.0 Å². The average molecular weight is 725 g/mol. The quantitative estimate of drug-likeness (QED) is 0.0264. The van der Waals surface area contributed by atoms with Crippen LogP contribution in [0.5, 0.6) is 5.75 Å². The zero-order valence-electron chi connectivity index (χ0n) is 29.8. The summed E-state index contributed by atoms with van der Waals surface area (Å²) in [7, 11) is 0. The SMILES string of the molecule is CCCCCC(CC)n1c2ccc(/C(=N/OC(C)=O)c3ccccc3OCC(F)(F)C(F)F)cc2c2cc(C(=O)c3ccccc3)c3ccccc3c21. The van der Waals surface area contributed by atoms with Crippen molar-refractivity contribution in [2.24, 2.45) is 5.16 Å². The number of carbonyl (C=O) groups is 2. The lowest BCUT2D eigenvalue weighted by Crippen LogP contribution is -2.34. The number of hydrogen-bond donors (Lipinski definition) is 0. The predicted molar refractivity (Wildman–Crippen MR) is 201 cm³/mol. The van der Waals surface area contributed by atoms with Gasteiger partial charge in [0.2, 0.25) is 0 Å². The lowest BCUT2D eigenvalue weighted by molar-refractivity contribution is -0.148. The number of ketones is 1. The van der Waals surface area contributed by atoms with Crippen LogP contribution in [0, 0.1) is 0 Å². The van der Waals surface area contributed by atoms with Gasteiger partial charge < -0.3 is 14.1 Å². The Kier molecular flexibility index (Phi) is 11.3. The summed E-state index contributed by atoms with van der Waals surface area (Å²) in [6.45, 7) is 3.93. The number of hydrogen-bond acceptors (Lipinski definition) is 5. The van der Waals surface area contributed by atoms with Crippen LogP contribution in [-0.4, -0.2) is 41.0 Å². The van der Waals surface area contributed by atoms with Gasteiger partial charge in [0.15, 0.2) is 12.4 Å². The molecule has 1 atom stereocenters. The number of ether oxygens (including phenoxy) is 1. The molecule has 6 rings (SSSR count). The minimum absolute atomic E-state index is 0.0651. The van der Waals surface area contributed by atoms with Crippen molar-refractivity contribution in [1.82, 2.24) is 4.57 Å². The highest BCUT2D eigenvalue weighted by molar-refractivity contribution is 6.26. The van der Waals surface area contributed by atoms with Crippen molar-refractivity contribution in [3.8, 4) is 5.75 Å². The predicted octanol–water partition coefficient (Wildman–Crippen LogP) is 11.3. The third-order valence-corrected chi connectivity index (χ3v) is 9.48. The molecule has 1 unspecified atom stereocenters. The van der Waals surface area contributed by atoms with E-state index >= 15 is 0 Å². The Morgan fingerprint density at radius 3 is 2.17 bits per heavy atom. The summed E-state index contributed by atoms with van der Waals surface area (Å²) in [5.74, 6) is -5.40. The van der Waals surface area contributed by atoms with Crippen LogP contribution in [0.15, 0.2) is 108 Å². The summed E-state index contributed by atoms with van der Waals surface area (Å²) in [6.07, 6.45) is 1.09. The minimum atomic E-state index is -4.40.